The second kappa shape index (κ2) is 16.7. The Bertz CT molecular complexity index is 659. The smallest absolute Gasteiger partial charge is 0.168 e. The Kier molecular flexibility index (Phi) is 15.3. The van der Waals surface area contributed by atoms with Gasteiger partial charge in [0.2, 0.25) is 0 Å². The number of rotatable bonds is 15. The summed E-state index contributed by atoms with van der Waals surface area (Å²) in [6.07, 6.45) is 27.7. The van der Waals surface area contributed by atoms with Crippen molar-refractivity contribution in [2.24, 2.45) is 16.7 Å². The van der Waals surface area contributed by atoms with Gasteiger partial charge < -0.3 is 12.4 Å². The molecule has 0 spiro atoms. The van der Waals surface area contributed by atoms with E-state index in [0.717, 1.165) is 12.8 Å². The Labute approximate surface area is 218 Å². The van der Waals surface area contributed by atoms with Gasteiger partial charge in [-0.1, -0.05) is 111 Å². The number of carbonyl (C=O) groups excluding carboxylic acids is 1. The number of nitrogens with zero attached hydrogens (tertiary/aromatic N) is 1. The lowest BCUT2D eigenvalue weighted by atomic mass is 9.70. The molecule has 2 atom stereocenters. The predicted molar refractivity (Wildman–Crippen MR) is 141 cm³/mol. The maximum Gasteiger partial charge on any atom is 0.168 e. The molecule has 0 N–H and O–H groups in total. The maximum atomic E-state index is 11.6. The molecule has 1 aromatic heterocycles. The van der Waals surface area contributed by atoms with E-state index in [9.17, 15) is 4.79 Å². The lowest BCUT2D eigenvalue weighted by Gasteiger charge is -2.32. The first-order chi connectivity index (χ1) is 15.9. The largest absolute Gasteiger partial charge is 1.00 e. The minimum absolute atomic E-state index is 0. The molecule has 2 aliphatic rings. The number of aryl methyl sites for hydroxylation is 1. The van der Waals surface area contributed by atoms with E-state index in [1.54, 1.807) is 0 Å². The van der Waals surface area contributed by atoms with Crippen LogP contribution in [0.25, 0.3) is 0 Å². The fourth-order valence-corrected chi connectivity index (χ4v) is 5.97. The molecule has 2 bridgehead atoms. The topological polar surface area (TPSA) is 20.9 Å². The Morgan fingerprint density at radius 1 is 0.765 bits per heavy atom. The van der Waals surface area contributed by atoms with E-state index < -0.39 is 0 Å². The third-order valence-corrected chi connectivity index (χ3v) is 9.03. The van der Waals surface area contributed by atoms with Gasteiger partial charge in [-0.3, -0.25) is 4.79 Å². The van der Waals surface area contributed by atoms with Crippen LogP contribution in [-0.2, 0) is 11.3 Å². The van der Waals surface area contributed by atoms with Crippen molar-refractivity contribution in [2.75, 3.05) is 0 Å². The molecular formula is C31H54ClNO. The van der Waals surface area contributed by atoms with Crippen LogP contribution in [0.1, 0.15) is 137 Å². The molecular weight excluding hydrogens is 438 g/mol. The fourth-order valence-electron chi connectivity index (χ4n) is 5.97. The molecule has 2 fully saturated rings. The van der Waals surface area contributed by atoms with Crippen molar-refractivity contribution in [1.29, 1.82) is 0 Å². The van der Waals surface area contributed by atoms with Crippen LogP contribution in [0.15, 0.2) is 30.6 Å². The third-order valence-electron chi connectivity index (χ3n) is 9.03. The van der Waals surface area contributed by atoms with Gasteiger partial charge in [-0.15, -0.1) is 0 Å². The van der Waals surface area contributed by atoms with Gasteiger partial charge in [0.05, 0.1) is 0 Å². The number of hydrogen-bond donors (Lipinski definition) is 0. The zero-order valence-corrected chi connectivity index (χ0v) is 23.7. The van der Waals surface area contributed by atoms with Gasteiger partial charge in [0.15, 0.2) is 12.4 Å². The van der Waals surface area contributed by atoms with Crippen molar-refractivity contribution < 1.29 is 21.8 Å². The molecule has 0 aromatic carbocycles. The first-order valence-electron chi connectivity index (χ1n) is 14.4. The van der Waals surface area contributed by atoms with Gasteiger partial charge in [0.25, 0.3) is 0 Å². The number of unbranched alkanes of at least 4 members (excludes halogenated alkanes) is 13. The summed E-state index contributed by atoms with van der Waals surface area (Å²) in [5.74, 6) is 1.19. The van der Waals surface area contributed by atoms with E-state index in [1.807, 2.05) is 0 Å². The average Bonchev–Trinajstić information content (AvgIpc) is 3.13. The number of carbonyl (C=O) groups is 1. The van der Waals surface area contributed by atoms with Gasteiger partial charge in [-0.2, -0.15) is 0 Å². The Morgan fingerprint density at radius 2 is 1.24 bits per heavy atom. The fraction of sp³-hybridized carbons (Fsp3) is 0.806. The highest BCUT2D eigenvalue weighted by atomic mass is 35.5. The highest BCUT2D eigenvalue weighted by Gasteiger charge is 2.61. The van der Waals surface area contributed by atoms with Gasteiger partial charge >= 0.3 is 0 Å². The number of aromatic nitrogens is 1. The van der Waals surface area contributed by atoms with Crippen LogP contribution in [0.3, 0.4) is 0 Å². The molecule has 196 valence electrons. The van der Waals surface area contributed by atoms with Crippen molar-refractivity contribution in [3.05, 3.63) is 30.6 Å². The molecule has 2 aliphatic carbocycles. The molecule has 1 aromatic rings. The van der Waals surface area contributed by atoms with E-state index in [2.05, 4.69) is 62.9 Å². The van der Waals surface area contributed by atoms with Crippen molar-refractivity contribution in [3.8, 4) is 0 Å². The molecule has 3 rings (SSSR count). The van der Waals surface area contributed by atoms with Crippen molar-refractivity contribution in [1.82, 2.24) is 0 Å². The number of halogens is 1. The van der Waals surface area contributed by atoms with Crippen LogP contribution >= 0.6 is 0 Å². The molecule has 2 unspecified atom stereocenters. The zero-order valence-electron chi connectivity index (χ0n) is 22.9. The van der Waals surface area contributed by atoms with Crippen molar-refractivity contribution in [2.45, 2.75) is 143 Å². The SMILES string of the molecule is CC12CCC(CC1=O)C2(C)C.CCCCCCCCCCCCCCCC[n+]1ccccc1.[Cl-]. The van der Waals surface area contributed by atoms with E-state index in [-0.39, 0.29) is 23.2 Å². The molecule has 0 saturated heterocycles. The Hall–Kier alpha value is -0.890. The summed E-state index contributed by atoms with van der Waals surface area (Å²) in [7, 11) is 0. The summed E-state index contributed by atoms with van der Waals surface area (Å²) in [4.78, 5) is 11.6. The highest BCUT2D eigenvalue weighted by molar-refractivity contribution is 5.89. The second-order valence-corrected chi connectivity index (χ2v) is 11.6. The van der Waals surface area contributed by atoms with Crippen LogP contribution in [0, 0.1) is 16.7 Å². The minimum Gasteiger partial charge on any atom is -1.00 e. The first kappa shape index (κ1) is 31.1. The summed E-state index contributed by atoms with van der Waals surface area (Å²) in [6.45, 7) is 10.1. The van der Waals surface area contributed by atoms with Crippen LogP contribution in [0.2, 0.25) is 0 Å². The van der Waals surface area contributed by atoms with Crippen LogP contribution in [0.5, 0.6) is 0 Å². The summed E-state index contributed by atoms with van der Waals surface area (Å²) in [6, 6.07) is 6.31. The first-order valence-corrected chi connectivity index (χ1v) is 14.4. The zero-order chi connectivity index (χ0) is 24.0. The van der Waals surface area contributed by atoms with Gasteiger partial charge in [0, 0.05) is 30.4 Å². The summed E-state index contributed by atoms with van der Waals surface area (Å²) < 4.78 is 2.29. The average molecular weight is 492 g/mol. The number of Topliss-reactive ketones (excluding diaryl/α,β-unsaturated/α-hetero) is 1. The number of hydrogen-bond acceptors (Lipinski definition) is 1. The van der Waals surface area contributed by atoms with E-state index in [1.165, 1.54) is 103 Å². The van der Waals surface area contributed by atoms with Crippen molar-refractivity contribution in [3.63, 3.8) is 0 Å². The number of pyridine rings is 1. The van der Waals surface area contributed by atoms with Crippen molar-refractivity contribution >= 4 is 5.78 Å². The normalized spacial score (nSPS) is 22.2. The van der Waals surface area contributed by atoms with E-state index in [0.29, 0.717) is 11.7 Å². The Balaban J connectivity index is 0.000000400. The number of ketones is 1. The molecule has 0 aliphatic heterocycles. The molecule has 2 saturated carbocycles. The predicted octanol–water partition coefficient (Wildman–Crippen LogP) is 5.86. The van der Waals surface area contributed by atoms with E-state index in [4.69, 9.17) is 0 Å². The van der Waals surface area contributed by atoms with Crippen LogP contribution in [0.4, 0.5) is 0 Å². The molecule has 1 heterocycles. The summed E-state index contributed by atoms with van der Waals surface area (Å²) in [5, 5.41) is 0. The molecule has 2 nitrogen and oxygen atoms in total. The maximum absolute atomic E-state index is 11.6. The lowest BCUT2D eigenvalue weighted by Crippen LogP contribution is -3.00. The second-order valence-electron chi connectivity index (χ2n) is 11.6. The highest BCUT2D eigenvalue weighted by Crippen LogP contribution is 2.63. The molecule has 3 heteroatoms. The summed E-state index contributed by atoms with van der Waals surface area (Å²) >= 11 is 0. The molecule has 0 amide bonds. The summed E-state index contributed by atoms with van der Waals surface area (Å²) in [5.41, 5.74) is 0.307. The minimum atomic E-state index is 0. The van der Waals surface area contributed by atoms with Crippen LogP contribution < -0.4 is 17.0 Å². The quantitative estimate of drug-likeness (QED) is 0.222. The van der Waals surface area contributed by atoms with Gasteiger partial charge in [-0.25, -0.2) is 4.57 Å². The van der Waals surface area contributed by atoms with Gasteiger partial charge in [-0.05, 0) is 30.6 Å². The van der Waals surface area contributed by atoms with Crippen LogP contribution in [-0.4, -0.2) is 5.78 Å². The Morgan fingerprint density at radius 3 is 1.59 bits per heavy atom. The number of fused-ring (bicyclic) bond motifs is 2. The standard InChI is InChI=1S/C21H38N.C10H16O.ClH/c1-2-3-4-5-6-7-8-9-10-11-12-13-14-16-19-22-20-17-15-18-21-22;1-9(2)7-4-5-10(9,3)8(11)6-7;/h15,17-18,20-21H,2-14,16,19H2,1H3;7H,4-6H2,1-3H3;1H/q+1;;/p-1. The third kappa shape index (κ3) is 9.63. The lowest BCUT2D eigenvalue weighted by molar-refractivity contribution is -0.697. The molecule has 0 radical (unpaired) electrons. The monoisotopic (exact) mass is 491 g/mol. The van der Waals surface area contributed by atoms with Gasteiger partial charge in [0.1, 0.15) is 12.3 Å². The van der Waals surface area contributed by atoms with E-state index >= 15 is 0 Å². The molecule has 34 heavy (non-hydrogen) atoms.